The Balaban J connectivity index is 1.63. The summed E-state index contributed by atoms with van der Waals surface area (Å²) in [4.78, 5) is 17.6. The summed E-state index contributed by atoms with van der Waals surface area (Å²) in [5.41, 5.74) is 1.28. The molecule has 1 aromatic rings. The highest BCUT2D eigenvalue weighted by atomic mass is 16.4. The molecular formula is C14H18N2O2. The third-order valence-corrected chi connectivity index (χ3v) is 4.41. The predicted molar refractivity (Wildman–Crippen MR) is 67.2 cm³/mol. The van der Waals surface area contributed by atoms with E-state index in [1.54, 1.807) is 0 Å². The van der Waals surface area contributed by atoms with Crippen molar-refractivity contribution in [2.45, 2.75) is 37.8 Å². The van der Waals surface area contributed by atoms with Gasteiger partial charge in [0.1, 0.15) is 0 Å². The van der Waals surface area contributed by atoms with Gasteiger partial charge in [-0.2, -0.15) is 0 Å². The van der Waals surface area contributed by atoms with Crippen LogP contribution in [-0.2, 0) is 11.2 Å². The minimum atomic E-state index is -0.615. The van der Waals surface area contributed by atoms with Crippen molar-refractivity contribution in [2.75, 3.05) is 6.54 Å². The number of carboxylic acid groups (broad SMARTS) is 1. The lowest BCUT2D eigenvalue weighted by Crippen LogP contribution is -2.34. The van der Waals surface area contributed by atoms with Crippen LogP contribution in [0.25, 0.3) is 0 Å². The van der Waals surface area contributed by atoms with Gasteiger partial charge in [0.25, 0.3) is 0 Å². The van der Waals surface area contributed by atoms with Crippen molar-refractivity contribution in [3.05, 3.63) is 30.1 Å². The van der Waals surface area contributed by atoms with Crippen molar-refractivity contribution < 1.29 is 9.90 Å². The molecule has 96 valence electrons. The number of rotatable bonds is 4. The van der Waals surface area contributed by atoms with Gasteiger partial charge in [-0.15, -0.1) is 0 Å². The summed E-state index contributed by atoms with van der Waals surface area (Å²) in [5.74, 6) is -0.752. The molecule has 2 fully saturated rings. The maximum atomic E-state index is 11.2. The summed E-state index contributed by atoms with van der Waals surface area (Å²) < 4.78 is 0. The molecule has 4 heteroatoms. The lowest BCUT2D eigenvalue weighted by molar-refractivity contribution is -0.142. The number of pyridine rings is 1. The first kappa shape index (κ1) is 11.7. The zero-order valence-corrected chi connectivity index (χ0v) is 10.3. The Morgan fingerprint density at radius 2 is 2.17 bits per heavy atom. The number of carbonyl (C=O) groups is 1. The SMILES string of the molecule is O=C(O)C1CC2CCC1N2CCc1ccncc1. The van der Waals surface area contributed by atoms with E-state index in [2.05, 4.69) is 9.88 Å². The van der Waals surface area contributed by atoms with Crippen LogP contribution in [0.15, 0.2) is 24.5 Å². The summed E-state index contributed by atoms with van der Waals surface area (Å²) >= 11 is 0. The zero-order valence-electron chi connectivity index (χ0n) is 10.3. The van der Waals surface area contributed by atoms with Gasteiger partial charge < -0.3 is 5.11 Å². The first-order valence-electron chi connectivity index (χ1n) is 6.63. The fraction of sp³-hybridized carbons (Fsp3) is 0.571. The molecule has 2 bridgehead atoms. The van der Waals surface area contributed by atoms with Crippen LogP contribution in [0.1, 0.15) is 24.8 Å². The van der Waals surface area contributed by atoms with E-state index in [1.165, 1.54) is 12.0 Å². The monoisotopic (exact) mass is 246 g/mol. The fourth-order valence-corrected chi connectivity index (χ4v) is 3.52. The molecule has 0 aromatic carbocycles. The van der Waals surface area contributed by atoms with Crippen LogP contribution in [0.5, 0.6) is 0 Å². The molecule has 0 amide bonds. The molecule has 3 atom stereocenters. The molecule has 1 aromatic heterocycles. The highest BCUT2D eigenvalue weighted by Crippen LogP contribution is 2.41. The third-order valence-electron chi connectivity index (χ3n) is 4.41. The molecule has 0 saturated carbocycles. The quantitative estimate of drug-likeness (QED) is 0.876. The molecule has 3 unspecified atom stereocenters. The van der Waals surface area contributed by atoms with E-state index in [0.717, 1.165) is 25.8 Å². The summed E-state index contributed by atoms with van der Waals surface area (Å²) in [6.07, 6.45) is 7.68. The molecular weight excluding hydrogens is 228 g/mol. The maximum absolute atomic E-state index is 11.2. The maximum Gasteiger partial charge on any atom is 0.308 e. The molecule has 1 N–H and O–H groups in total. The Labute approximate surface area is 107 Å². The summed E-state index contributed by atoms with van der Waals surface area (Å²) in [5, 5.41) is 9.20. The molecule has 3 rings (SSSR count). The fourth-order valence-electron chi connectivity index (χ4n) is 3.52. The number of aliphatic carboxylic acids is 1. The van der Waals surface area contributed by atoms with Crippen LogP contribution in [0.2, 0.25) is 0 Å². The largest absolute Gasteiger partial charge is 0.481 e. The van der Waals surface area contributed by atoms with Crippen molar-refractivity contribution >= 4 is 5.97 Å². The van der Waals surface area contributed by atoms with Crippen molar-refractivity contribution in [2.24, 2.45) is 5.92 Å². The van der Waals surface area contributed by atoms with Crippen molar-refractivity contribution in [1.29, 1.82) is 0 Å². The number of carboxylic acids is 1. The Kier molecular flexibility index (Phi) is 3.04. The summed E-state index contributed by atoms with van der Waals surface area (Å²) in [7, 11) is 0. The molecule has 3 heterocycles. The van der Waals surface area contributed by atoms with Crippen LogP contribution < -0.4 is 0 Å². The Morgan fingerprint density at radius 3 is 2.83 bits per heavy atom. The summed E-state index contributed by atoms with van der Waals surface area (Å²) in [6.45, 7) is 0.975. The van der Waals surface area contributed by atoms with Gasteiger partial charge in [0, 0.05) is 31.0 Å². The van der Waals surface area contributed by atoms with Crippen LogP contribution in [0.4, 0.5) is 0 Å². The van der Waals surface area contributed by atoms with E-state index in [4.69, 9.17) is 0 Å². The van der Waals surface area contributed by atoms with E-state index < -0.39 is 5.97 Å². The van der Waals surface area contributed by atoms with Crippen LogP contribution in [0.3, 0.4) is 0 Å². The predicted octanol–water partition coefficient (Wildman–Crippen LogP) is 1.56. The average molecular weight is 246 g/mol. The van der Waals surface area contributed by atoms with Gasteiger partial charge in [0.05, 0.1) is 5.92 Å². The molecule has 2 aliphatic rings. The smallest absolute Gasteiger partial charge is 0.308 e. The number of fused-ring (bicyclic) bond motifs is 2. The highest BCUT2D eigenvalue weighted by molar-refractivity contribution is 5.71. The first-order valence-corrected chi connectivity index (χ1v) is 6.63. The van der Waals surface area contributed by atoms with Crippen molar-refractivity contribution in [3.63, 3.8) is 0 Å². The molecule has 2 saturated heterocycles. The lowest BCUT2D eigenvalue weighted by Gasteiger charge is -2.22. The number of hydrogen-bond acceptors (Lipinski definition) is 3. The van der Waals surface area contributed by atoms with Gasteiger partial charge in [0.15, 0.2) is 0 Å². The minimum Gasteiger partial charge on any atom is -0.481 e. The van der Waals surface area contributed by atoms with Gasteiger partial charge >= 0.3 is 5.97 Å². The van der Waals surface area contributed by atoms with E-state index in [9.17, 15) is 9.90 Å². The van der Waals surface area contributed by atoms with E-state index in [-0.39, 0.29) is 12.0 Å². The van der Waals surface area contributed by atoms with E-state index in [0.29, 0.717) is 6.04 Å². The average Bonchev–Trinajstić information content (AvgIpc) is 2.94. The second kappa shape index (κ2) is 4.69. The molecule has 0 aliphatic carbocycles. The lowest BCUT2D eigenvalue weighted by atomic mass is 9.89. The second-order valence-electron chi connectivity index (χ2n) is 5.32. The normalized spacial score (nSPS) is 30.8. The third kappa shape index (κ3) is 2.01. The Bertz CT molecular complexity index is 435. The highest BCUT2D eigenvalue weighted by Gasteiger charge is 2.48. The zero-order chi connectivity index (χ0) is 12.5. The van der Waals surface area contributed by atoms with Crippen LogP contribution in [-0.4, -0.2) is 39.6 Å². The standard InChI is InChI=1S/C14H18N2O2/c17-14(18)12-9-11-1-2-13(12)16(11)8-5-10-3-6-15-7-4-10/h3-4,6-7,11-13H,1-2,5,8-9H2,(H,17,18). The van der Waals surface area contributed by atoms with Gasteiger partial charge in [-0.25, -0.2) is 0 Å². The minimum absolute atomic E-state index is 0.138. The first-order chi connectivity index (χ1) is 8.75. The molecule has 2 aliphatic heterocycles. The van der Waals surface area contributed by atoms with Crippen molar-refractivity contribution in [1.82, 2.24) is 9.88 Å². The molecule has 18 heavy (non-hydrogen) atoms. The van der Waals surface area contributed by atoms with Gasteiger partial charge in [-0.05, 0) is 43.4 Å². The summed E-state index contributed by atoms with van der Waals surface area (Å²) in [6, 6.07) is 4.84. The number of aromatic nitrogens is 1. The molecule has 4 nitrogen and oxygen atoms in total. The number of nitrogens with zero attached hydrogens (tertiary/aromatic N) is 2. The Hall–Kier alpha value is -1.42. The van der Waals surface area contributed by atoms with Crippen LogP contribution in [0, 0.1) is 5.92 Å². The van der Waals surface area contributed by atoms with E-state index >= 15 is 0 Å². The van der Waals surface area contributed by atoms with Crippen molar-refractivity contribution in [3.8, 4) is 0 Å². The molecule has 0 spiro atoms. The topological polar surface area (TPSA) is 53.4 Å². The Morgan fingerprint density at radius 1 is 1.39 bits per heavy atom. The van der Waals surface area contributed by atoms with E-state index in [1.807, 2.05) is 24.5 Å². The number of hydrogen-bond donors (Lipinski definition) is 1. The van der Waals surface area contributed by atoms with Gasteiger partial charge in [-0.1, -0.05) is 0 Å². The van der Waals surface area contributed by atoms with Gasteiger partial charge in [-0.3, -0.25) is 14.7 Å². The molecule has 0 radical (unpaired) electrons. The second-order valence-corrected chi connectivity index (χ2v) is 5.32. The van der Waals surface area contributed by atoms with Gasteiger partial charge in [0.2, 0.25) is 0 Å². The van der Waals surface area contributed by atoms with Crippen LogP contribution >= 0.6 is 0 Å².